The number of aromatic nitrogens is 2. The highest BCUT2D eigenvalue weighted by molar-refractivity contribution is 5.45. The lowest BCUT2D eigenvalue weighted by Crippen LogP contribution is -2.00. The minimum atomic E-state index is 0.636. The number of hydrogen-bond donors (Lipinski definition) is 2. The van der Waals surface area contributed by atoms with Crippen LogP contribution in [0.25, 0.3) is 0 Å². The summed E-state index contributed by atoms with van der Waals surface area (Å²) in [6.45, 7) is 5.25. The standard InChI is InChI=1S/C14H19N3/c1-3-11(2)12-4-6-13(7-5-12)16-9-14-8-15-10-17-14/h4-8,10-11,16H,3,9H2,1-2H3,(H,15,17). The summed E-state index contributed by atoms with van der Waals surface area (Å²) in [6, 6.07) is 8.67. The summed E-state index contributed by atoms with van der Waals surface area (Å²) in [7, 11) is 0. The van der Waals surface area contributed by atoms with Gasteiger partial charge in [0.05, 0.1) is 18.6 Å². The van der Waals surface area contributed by atoms with Gasteiger partial charge in [0.2, 0.25) is 0 Å². The van der Waals surface area contributed by atoms with Gasteiger partial charge in [0.1, 0.15) is 0 Å². The average Bonchev–Trinajstić information content (AvgIpc) is 2.89. The Kier molecular flexibility index (Phi) is 3.81. The predicted octanol–water partition coefficient (Wildman–Crippen LogP) is 3.54. The molecule has 0 aliphatic rings. The van der Waals surface area contributed by atoms with Gasteiger partial charge in [-0.2, -0.15) is 0 Å². The molecule has 1 unspecified atom stereocenters. The molecule has 0 saturated carbocycles. The van der Waals surface area contributed by atoms with Crippen LogP contribution in [0.3, 0.4) is 0 Å². The number of aromatic amines is 1. The second kappa shape index (κ2) is 5.53. The van der Waals surface area contributed by atoms with E-state index in [1.807, 2.05) is 6.20 Å². The highest BCUT2D eigenvalue weighted by atomic mass is 14.9. The zero-order chi connectivity index (χ0) is 12.1. The van der Waals surface area contributed by atoms with E-state index in [1.54, 1.807) is 6.33 Å². The molecule has 90 valence electrons. The summed E-state index contributed by atoms with van der Waals surface area (Å²) in [5, 5.41) is 3.36. The molecule has 0 aliphatic heterocycles. The van der Waals surface area contributed by atoms with Crippen molar-refractivity contribution in [1.29, 1.82) is 0 Å². The molecule has 2 rings (SSSR count). The van der Waals surface area contributed by atoms with E-state index >= 15 is 0 Å². The second-order valence-corrected chi connectivity index (χ2v) is 4.36. The Morgan fingerprint density at radius 3 is 2.65 bits per heavy atom. The quantitative estimate of drug-likeness (QED) is 0.823. The Morgan fingerprint density at radius 2 is 2.06 bits per heavy atom. The van der Waals surface area contributed by atoms with Crippen LogP contribution in [-0.4, -0.2) is 9.97 Å². The largest absolute Gasteiger partial charge is 0.379 e. The molecule has 1 aromatic carbocycles. The van der Waals surface area contributed by atoms with Gasteiger partial charge in [-0.25, -0.2) is 4.98 Å². The van der Waals surface area contributed by atoms with Gasteiger partial charge >= 0.3 is 0 Å². The van der Waals surface area contributed by atoms with E-state index in [-0.39, 0.29) is 0 Å². The van der Waals surface area contributed by atoms with Gasteiger partial charge in [0, 0.05) is 11.9 Å². The molecule has 3 heteroatoms. The third kappa shape index (κ3) is 3.09. The van der Waals surface area contributed by atoms with Crippen LogP contribution < -0.4 is 5.32 Å². The van der Waals surface area contributed by atoms with Gasteiger partial charge in [-0.15, -0.1) is 0 Å². The number of H-pyrrole nitrogens is 1. The highest BCUT2D eigenvalue weighted by Gasteiger charge is 2.02. The number of anilines is 1. The van der Waals surface area contributed by atoms with Crippen molar-refractivity contribution in [1.82, 2.24) is 9.97 Å². The lowest BCUT2D eigenvalue weighted by atomic mass is 9.99. The van der Waals surface area contributed by atoms with E-state index in [0.717, 1.165) is 17.9 Å². The van der Waals surface area contributed by atoms with Crippen molar-refractivity contribution in [2.75, 3.05) is 5.32 Å². The Labute approximate surface area is 102 Å². The molecule has 1 heterocycles. The van der Waals surface area contributed by atoms with E-state index < -0.39 is 0 Å². The first-order valence-electron chi connectivity index (χ1n) is 6.10. The predicted molar refractivity (Wildman–Crippen MR) is 71.1 cm³/mol. The topological polar surface area (TPSA) is 40.7 Å². The van der Waals surface area contributed by atoms with Gasteiger partial charge in [-0.1, -0.05) is 26.0 Å². The first kappa shape index (κ1) is 11.7. The second-order valence-electron chi connectivity index (χ2n) is 4.36. The zero-order valence-corrected chi connectivity index (χ0v) is 10.4. The van der Waals surface area contributed by atoms with Crippen molar-refractivity contribution < 1.29 is 0 Å². The molecule has 1 atom stereocenters. The summed E-state index contributed by atoms with van der Waals surface area (Å²) >= 11 is 0. The lowest BCUT2D eigenvalue weighted by Gasteiger charge is -2.10. The summed E-state index contributed by atoms with van der Waals surface area (Å²) in [5.41, 5.74) is 3.64. The molecule has 0 amide bonds. The van der Waals surface area contributed by atoms with Crippen molar-refractivity contribution in [3.05, 3.63) is 48.0 Å². The van der Waals surface area contributed by atoms with E-state index in [1.165, 1.54) is 12.0 Å². The van der Waals surface area contributed by atoms with E-state index in [4.69, 9.17) is 0 Å². The minimum absolute atomic E-state index is 0.636. The molecule has 0 radical (unpaired) electrons. The number of imidazole rings is 1. The number of benzene rings is 1. The van der Waals surface area contributed by atoms with Crippen molar-refractivity contribution in [2.24, 2.45) is 0 Å². The first-order valence-corrected chi connectivity index (χ1v) is 6.10. The van der Waals surface area contributed by atoms with Crippen LogP contribution in [0, 0.1) is 0 Å². The summed E-state index contributed by atoms with van der Waals surface area (Å²) < 4.78 is 0. The fourth-order valence-electron chi connectivity index (χ4n) is 1.74. The number of nitrogens with zero attached hydrogens (tertiary/aromatic N) is 1. The molecular weight excluding hydrogens is 210 g/mol. The van der Waals surface area contributed by atoms with Crippen LogP contribution >= 0.6 is 0 Å². The van der Waals surface area contributed by atoms with Crippen LogP contribution in [-0.2, 0) is 6.54 Å². The molecule has 0 bridgehead atoms. The maximum atomic E-state index is 3.99. The normalized spacial score (nSPS) is 12.4. The molecule has 1 aromatic heterocycles. The fraction of sp³-hybridized carbons (Fsp3) is 0.357. The number of hydrogen-bond acceptors (Lipinski definition) is 2. The Bertz CT molecular complexity index is 431. The SMILES string of the molecule is CCC(C)c1ccc(NCc2cnc[nH]2)cc1. The van der Waals surface area contributed by atoms with E-state index in [0.29, 0.717) is 5.92 Å². The molecular formula is C14H19N3. The number of rotatable bonds is 5. The molecule has 0 fully saturated rings. The van der Waals surface area contributed by atoms with Gasteiger partial charge in [0.15, 0.2) is 0 Å². The molecule has 17 heavy (non-hydrogen) atoms. The maximum absolute atomic E-state index is 3.99. The minimum Gasteiger partial charge on any atom is -0.379 e. The van der Waals surface area contributed by atoms with Crippen molar-refractivity contribution in [2.45, 2.75) is 32.7 Å². The van der Waals surface area contributed by atoms with Gasteiger partial charge in [-0.3, -0.25) is 0 Å². The average molecular weight is 229 g/mol. The van der Waals surface area contributed by atoms with E-state index in [9.17, 15) is 0 Å². The first-order chi connectivity index (χ1) is 8.29. The summed E-state index contributed by atoms with van der Waals surface area (Å²) in [5.74, 6) is 0.636. The summed E-state index contributed by atoms with van der Waals surface area (Å²) in [4.78, 5) is 7.06. The van der Waals surface area contributed by atoms with Crippen LogP contribution in [0.15, 0.2) is 36.8 Å². The molecule has 3 nitrogen and oxygen atoms in total. The van der Waals surface area contributed by atoms with Crippen LogP contribution in [0.2, 0.25) is 0 Å². The number of nitrogens with one attached hydrogen (secondary N) is 2. The molecule has 2 aromatic rings. The summed E-state index contributed by atoms with van der Waals surface area (Å²) in [6.07, 6.45) is 4.71. The Morgan fingerprint density at radius 1 is 1.29 bits per heavy atom. The fourth-order valence-corrected chi connectivity index (χ4v) is 1.74. The molecule has 0 spiro atoms. The molecule has 0 aliphatic carbocycles. The lowest BCUT2D eigenvalue weighted by molar-refractivity contribution is 0.734. The monoisotopic (exact) mass is 229 g/mol. The van der Waals surface area contributed by atoms with Crippen molar-refractivity contribution in [3.63, 3.8) is 0 Å². The third-order valence-electron chi connectivity index (χ3n) is 3.13. The van der Waals surface area contributed by atoms with Crippen molar-refractivity contribution >= 4 is 5.69 Å². The smallest absolute Gasteiger partial charge is 0.0922 e. The zero-order valence-electron chi connectivity index (χ0n) is 10.4. The Balaban J connectivity index is 1.94. The van der Waals surface area contributed by atoms with Gasteiger partial charge < -0.3 is 10.3 Å². The Hall–Kier alpha value is -1.77. The van der Waals surface area contributed by atoms with Crippen molar-refractivity contribution in [3.8, 4) is 0 Å². The van der Waals surface area contributed by atoms with E-state index in [2.05, 4.69) is 53.4 Å². The van der Waals surface area contributed by atoms with Gasteiger partial charge in [0.25, 0.3) is 0 Å². The maximum Gasteiger partial charge on any atom is 0.0922 e. The third-order valence-corrected chi connectivity index (χ3v) is 3.13. The van der Waals surface area contributed by atoms with Crippen LogP contribution in [0.4, 0.5) is 5.69 Å². The highest BCUT2D eigenvalue weighted by Crippen LogP contribution is 2.20. The van der Waals surface area contributed by atoms with Gasteiger partial charge in [-0.05, 0) is 30.0 Å². The van der Waals surface area contributed by atoms with Crippen LogP contribution in [0.5, 0.6) is 0 Å². The molecule has 0 saturated heterocycles. The van der Waals surface area contributed by atoms with Crippen LogP contribution in [0.1, 0.15) is 37.4 Å². The molecule has 2 N–H and O–H groups in total.